The van der Waals surface area contributed by atoms with Gasteiger partial charge in [-0.25, -0.2) is 34.5 Å². The zero-order valence-corrected chi connectivity index (χ0v) is 60.2. The molecule has 0 aliphatic heterocycles. The molecule has 0 unspecified atom stereocenters. The van der Waals surface area contributed by atoms with Crippen molar-refractivity contribution < 1.29 is 68.1 Å². The van der Waals surface area contributed by atoms with E-state index >= 15 is 0 Å². The number of hydroxylamine groups is 5. The van der Waals surface area contributed by atoms with Crippen LogP contribution in [0.1, 0.15) is 118 Å². The molecule has 0 saturated heterocycles. The van der Waals surface area contributed by atoms with E-state index in [-0.39, 0.29) is 19.1 Å². The number of hydrogen-bond acceptors (Lipinski definition) is 18. The lowest BCUT2D eigenvalue weighted by molar-refractivity contribution is -0.104. The summed E-state index contributed by atoms with van der Waals surface area (Å²) >= 11 is 18.0. The SMILES string of the molecule is CC(C)(C)OC(=O)NC[C@@H](Cc1ccccc1)N(O)C(=O)c1cc(Br)cs1.CC(C)(C)OC(=O)NC[C@@H](Cc1ccccc1)N(OC(=O)c1cc(Br)cs1)C(=O)c1cc(Br)cs1.CC(C)(C)OC(=O)NC[C@@H](Cc1ccccc1)NO.O=C(O)c1cc(Br)cs1. The molecule has 0 saturated carbocycles. The molecule has 5 amide bonds. The van der Waals surface area contributed by atoms with Gasteiger partial charge in [0.05, 0.1) is 27.9 Å². The fourth-order valence-electron chi connectivity index (χ4n) is 7.37. The van der Waals surface area contributed by atoms with Crippen molar-refractivity contribution in [3.63, 3.8) is 0 Å². The molecule has 4 aromatic heterocycles. The minimum Gasteiger partial charge on any atom is -0.477 e. The Hall–Kier alpha value is -6.05. The van der Waals surface area contributed by atoms with Gasteiger partial charge < -0.3 is 45.3 Å². The number of rotatable bonds is 19. The molecule has 0 bridgehead atoms. The normalized spacial score (nSPS) is 12.0. The molecule has 0 radical (unpaired) electrons. The molecule has 7 aromatic rings. The molecule has 0 fully saturated rings. The first-order valence-electron chi connectivity index (χ1n) is 27.5. The van der Waals surface area contributed by atoms with Gasteiger partial charge in [0.15, 0.2) is 0 Å². The van der Waals surface area contributed by atoms with Crippen molar-refractivity contribution in [2.75, 3.05) is 19.6 Å². The van der Waals surface area contributed by atoms with Crippen LogP contribution < -0.4 is 21.4 Å². The van der Waals surface area contributed by atoms with Crippen LogP contribution in [0.4, 0.5) is 14.4 Å². The van der Waals surface area contributed by atoms with Gasteiger partial charge in [0.2, 0.25) is 0 Å². The molecule has 0 aliphatic rings. The Morgan fingerprint density at radius 2 is 0.811 bits per heavy atom. The van der Waals surface area contributed by atoms with Crippen molar-refractivity contribution in [2.24, 2.45) is 0 Å². The third kappa shape index (κ3) is 29.9. The fourth-order valence-corrected chi connectivity index (χ4v) is 12.6. The molecule has 3 aromatic carbocycles. The number of carbonyl (C=O) groups is 7. The first kappa shape index (κ1) is 76.4. The van der Waals surface area contributed by atoms with Gasteiger partial charge in [-0.05, 0) is 186 Å². The van der Waals surface area contributed by atoms with Gasteiger partial charge in [-0.1, -0.05) is 91.0 Å². The average molecular weight is 1570 g/mol. The quantitative estimate of drug-likeness (QED) is 0.0225. The molecule has 4 heterocycles. The number of thiophene rings is 4. The van der Waals surface area contributed by atoms with Crippen LogP contribution in [0.5, 0.6) is 0 Å². The summed E-state index contributed by atoms with van der Waals surface area (Å²) in [6.45, 7) is 16.4. The highest BCUT2D eigenvalue weighted by Crippen LogP contribution is 2.27. The zero-order valence-electron chi connectivity index (χ0n) is 50.6. The van der Waals surface area contributed by atoms with Gasteiger partial charge in [0.1, 0.15) is 26.6 Å². The number of aromatic carboxylic acids is 1. The van der Waals surface area contributed by atoms with Gasteiger partial charge in [0, 0.05) is 59.0 Å². The maximum absolute atomic E-state index is 13.5. The molecule has 90 heavy (non-hydrogen) atoms. The highest BCUT2D eigenvalue weighted by atomic mass is 79.9. The first-order valence-corrected chi connectivity index (χ1v) is 34.2. The Bertz CT molecular complexity index is 3390. The Kier molecular flexibility index (Phi) is 31.8. The molecule has 3 atom stereocenters. The Labute approximate surface area is 573 Å². The molecule has 7 rings (SSSR count). The third-order valence-electron chi connectivity index (χ3n) is 11.2. The molecule has 7 N–H and O–H groups in total. The van der Waals surface area contributed by atoms with E-state index in [0.717, 1.165) is 39.6 Å². The van der Waals surface area contributed by atoms with Crippen molar-refractivity contribution in [1.82, 2.24) is 31.6 Å². The summed E-state index contributed by atoms with van der Waals surface area (Å²) in [5, 5.41) is 44.8. The monoisotopic (exact) mass is 1570 g/mol. The summed E-state index contributed by atoms with van der Waals surface area (Å²) < 4.78 is 18.8. The predicted octanol–water partition coefficient (Wildman–Crippen LogP) is 15.5. The highest BCUT2D eigenvalue weighted by molar-refractivity contribution is 9.11. The van der Waals surface area contributed by atoms with E-state index < -0.39 is 70.9 Å². The Morgan fingerprint density at radius 3 is 1.16 bits per heavy atom. The topological polar surface area (TPSA) is 272 Å². The lowest BCUT2D eigenvalue weighted by Crippen LogP contribution is -2.49. The maximum atomic E-state index is 13.5. The van der Waals surface area contributed by atoms with Crippen LogP contribution in [0.3, 0.4) is 0 Å². The number of alkyl carbamates (subject to hydrolysis) is 3. The summed E-state index contributed by atoms with van der Waals surface area (Å²) in [6, 6.07) is 33.6. The van der Waals surface area contributed by atoms with Gasteiger partial charge in [-0.3, -0.25) is 14.8 Å². The third-order valence-corrected chi connectivity index (χ3v) is 17.9. The zero-order chi connectivity index (χ0) is 66.8. The van der Waals surface area contributed by atoms with Gasteiger partial charge in [-0.15, -0.1) is 45.3 Å². The molecule has 0 spiro atoms. The van der Waals surface area contributed by atoms with E-state index in [9.17, 15) is 38.8 Å². The van der Waals surface area contributed by atoms with E-state index in [0.29, 0.717) is 50.4 Å². The van der Waals surface area contributed by atoms with Crippen LogP contribution in [0.25, 0.3) is 0 Å². The lowest BCUT2D eigenvalue weighted by Gasteiger charge is -2.30. The van der Waals surface area contributed by atoms with Crippen molar-refractivity contribution in [3.8, 4) is 0 Å². The molecule has 486 valence electrons. The van der Waals surface area contributed by atoms with E-state index in [1.54, 1.807) is 108 Å². The van der Waals surface area contributed by atoms with Crippen LogP contribution in [-0.2, 0) is 38.3 Å². The second-order valence-corrected chi connectivity index (χ2v) is 29.6. The smallest absolute Gasteiger partial charge is 0.407 e. The van der Waals surface area contributed by atoms with Crippen molar-refractivity contribution in [1.29, 1.82) is 0 Å². The van der Waals surface area contributed by atoms with Gasteiger partial charge >= 0.3 is 30.2 Å². The Morgan fingerprint density at radius 1 is 0.478 bits per heavy atom. The number of halogens is 4. The van der Waals surface area contributed by atoms with Crippen LogP contribution in [0.2, 0.25) is 0 Å². The number of amides is 5. The number of carbonyl (C=O) groups excluding carboxylic acids is 6. The summed E-state index contributed by atoms with van der Waals surface area (Å²) in [7, 11) is 0. The lowest BCUT2D eigenvalue weighted by atomic mass is 10.1. The van der Waals surface area contributed by atoms with Gasteiger partial charge in [0.25, 0.3) is 11.8 Å². The van der Waals surface area contributed by atoms with Crippen molar-refractivity contribution in [3.05, 3.63) is 191 Å². The number of nitrogens with zero attached hydrogens (tertiary/aromatic N) is 2. The molecule has 0 aliphatic carbocycles. The van der Waals surface area contributed by atoms with E-state index in [4.69, 9.17) is 29.4 Å². The van der Waals surface area contributed by atoms with E-state index in [1.165, 1.54) is 45.3 Å². The predicted molar refractivity (Wildman–Crippen MR) is 364 cm³/mol. The summed E-state index contributed by atoms with van der Waals surface area (Å²) in [5.41, 5.74) is 3.29. The minimum atomic E-state index is -0.870. The van der Waals surface area contributed by atoms with Crippen molar-refractivity contribution >= 4 is 151 Å². The van der Waals surface area contributed by atoms with Crippen molar-refractivity contribution in [2.45, 2.75) is 117 Å². The minimum absolute atomic E-state index is 0.00348. The summed E-state index contributed by atoms with van der Waals surface area (Å²) in [5.74, 6) is -2.54. The second kappa shape index (κ2) is 37.5. The average Bonchev–Trinajstić information content (AvgIpc) is 1.88. The largest absolute Gasteiger partial charge is 0.477 e. The molecular formula is C62H72Br4N6O14S4. The second-order valence-electron chi connectivity index (χ2n) is 22.3. The molecule has 20 nitrogen and oxygen atoms in total. The molecule has 28 heteroatoms. The van der Waals surface area contributed by atoms with Crippen LogP contribution in [0.15, 0.2) is 155 Å². The number of carboxylic acid groups (broad SMARTS) is 1. The van der Waals surface area contributed by atoms with E-state index in [1.807, 2.05) is 91.0 Å². The maximum Gasteiger partial charge on any atom is 0.407 e. The van der Waals surface area contributed by atoms with Crippen LogP contribution in [-0.4, -0.2) is 122 Å². The van der Waals surface area contributed by atoms with Gasteiger partial charge in [-0.2, -0.15) is 5.06 Å². The number of ether oxygens (including phenoxy) is 3. The van der Waals surface area contributed by atoms with E-state index in [2.05, 4.69) is 85.2 Å². The number of nitrogens with one attached hydrogen (secondary N) is 4. The summed E-state index contributed by atoms with van der Waals surface area (Å²) in [4.78, 5) is 92.2. The highest BCUT2D eigenvalue weighted by Gasteiger charge is 2.33. The van der Waals surface area contributed by atoms with Crippen LogP contribution in [0, 0.1) is 0 Å². The number of carboxylic acids is 1. The molecular weight excluding hydrogens is 1500 g/mol. The first-order chi connectivity index (χ1) is 42.3. The standard InChI is InChI=1S/C24H24Br2N2O5S2.C19H23BrN2O4S.C14H22N2O3.C5H3BrO2S/c1-24(2,3)32-23(31)27-12-18(9-15-7-5-4-6-8-15)28(21(29)19-10-16(25)13-34-19)33-22(30)20-11-17(26)14-35-20;1-19(2,3)26-18(24)21-11-15(9-13-7-5-4-6-8-13)22(25)17(23)16-10-14(20)12-27-16;1-14(2,3)19-13(17)15-10-12(16-18)9-11-7-5-4-6-8-11;6-3-1-4(5(7)8)9-2-3/h4-8,10-11,13-14,18H,9,12H2,1-3H3,(H,27,31);4-8,10,12,15,25H,9,11H2,1-3H3,(H,21,24);4-8,12,16,18H,9-10H2,1-3H3,(H,15,17);1-2H,(H,7,8)/t18-;15-;12-;/m111./s1. The van der Waals surface area contributed by atoms with Crippen LogP contribution >= 0.6 is 109 Å². The number of hydrogen-bond donors (Lipinski definition) is 7. The Balaban J connectivity index is 0.000000278. The fraction of sp³-hybridized carbons (Fsp3) is 0.339. The number of benzene rings is 3. The summed E-state index contributed by atoms with van der Waals surface area (Å²) in [6.07, 6.45) is -0.383.